The van der Waals surface area contributed by atoms with Gasteiger partial charge in [0, 0.05) is 0 Å². The fourth-order valence-electron chi connectivity index (χ4n) is 2.63. The van der Waals surface area contributed by atoms with Crippen molar-refractivity contribution in [3.8, 4) is 22.3 Å². The molecule has 3 rings (SSSR count). The Bertz CT molecular complexity index is 762. The maximum atomic E-state index is 3.83. The summed E-state index contributed by atoms with van der Waals surface area (Å²) in [6.07, 6.45) is 2.96. The third-order valence-electron chi connectivity index (χ3n) is 4.04. The second kappa shape index (κ2) is 6.44. The Labute approximate surface area is 132 Å². The first-order chi connectivity index (χ1) is 10.8. The molecule has 0 aromatic heterocycles. The summed E-state index contributed by atoms with van der Waals surface area (Å²) in [7, 11) is 0. The lowest BCUT2D eigenvalue weighted by Crippen LogP contribution is -1.83. The van der Waals surface area contributed by atoms with Gasteiger partial charge in [-0.25, -0.2) is 0 Å². The van der Waals surface area contributed by atoms with Crippen molar-refractivity contribution in [1.29, 1.82) is 0 Å². The van der Waals surface area contributed by atoms with Gasteiger partial charge in [-0.1, -0.05) is 86.3 Å². The summed E-state index contributed by atoms with van der Waals surface area (Å²) in [5.41, 5.74) is 7.51. The Kier molecular flexibility index (Phi) is 4.20. The molecule has 0 atom stereocenters. The van der Waals surface area contributed by atoms with Crippen LogP contribution in [0.1, 0.15) is 18.1 Å². The SMILES string of the molecule is C=Cc1cccc(-c2ccc(-c3ccc(CC)cc3)cc2)c1. The van der Waals surface area contributed by atoms with E-state index in [9.17, 15) is 0 Å². The molecule has 0 aliphatic carbocycles. The molecule has 0 bridgehead atoms. The fourth-order valence-corrected chi connectivity index (χ4v) is 2.63. The predicted molar refractivity (Wildman–Crippen MR) is 96.8 cm³/mol. The van der Waals surface area contributed by atoms with Crippen LogP contribution in [0.2, 0.25) is 0 Å². The van der Waals surface area contributed by atoms with E-state index < -0.39 is 0 Å². The molecule has 0 amide bonds. The van der Waals surface area contributed by atoms with Gasteiger partial charge >= 0.3 is 0 Å². The minimum atomic E-state index is 1.08. The zero-order chi connectivity index (χ0) is 15.4. The monoisotopic (exact) mass is 284 g/mol. The van der Waals surface area contributed by atoms with E-state index in [2.05, 4.69) is 86.3 Å². The van der Waals surface area contributed by atoms with Crippen molar-refractivity contribution in [2.24, 2.45) is 0 Å². The highest BCUT2D eigenvalue weighted by atomic mass is 14.1. The molecule has 0 spiro atoms. The van der Waals surface area contributed by atoms with Crippen LogP contribution in [-0.4, -0.2) is 0 Å². The van der Waals surface area contributed by atoms with Crippen LogP contribution in [0.25, 0.3) is 28.3 Å². The van der Waals surface area contributed by atoms with Gasteiger partial charge in [-0.05, 0) is 45.9 Å². The van der Waals surface area contributed by atoms with E-state index in [0.717, 1.165) is 12.0 Å². The standard InChI is InChI=1S/C22H20/c1-3-17-8-10-19(11-9-17)20-12-14-21(15-13-20)22-7-5-6-18(4-2)16-22/h4-16H,2-3H2,1H3. The van der Waals surface area contributed by atoms with Gasteiger partial charge in [0.1, 0.15) is 0 Å². The largest absolute Gasteiger partial charge is 0.0985 e. The Morgan fingerprint density at radius 3 is 1.82 bits per heavy atom. The number of hydrogen-bond donors (Lipinski definition) is 0. The molecule has 0 N–H and O–H groups in total. The van der Waals surface area contributed by atoms with Crippen LogP contribution < -0.4 is 0 Å². The molecule has 22 heavy (non-hydrogen) atoms. The van der Waals surface area contributed by atoms with Crippen molar-refractivity contribution in [2.45, 2.75) is 13.3 Å². The molecular weight excluding hydrogens is 264 g/mol. The van der Waals surface area contributed by atoms with Crippen LogP contribution >= 0.6 is 0 Å². The number of rotatable bonds is 4. The van der Waals surface area contributed by atoms with Gasteiger partial charge in [0.25, 0.3) is 0 Å². The molecule has 0 heterocycles. The van der Waals surface area contributed by atoms with Crippen LogP contribution in [0.15, 0.2) is 79.4 Å². The first-order valence-corrected chi connectivity index (χ1v) is 7.72. The zero-order valence-electron chi connectivity index (χ0n) is 12.9. The molecule has 108 valence electrons. The molecule has 0 aliphatic rings. The van der Waals surface area contributed by atoms with Gasteiger partial charge in [0.05, 0.1) is 0 Å². The van der Waals surface area contributed by atoms with E-state index >= 15 is 0 Å². The van der Waals surface area contributed by atoms with Gasteiger partial charge < -0.3 is 0 Å². The van der Waals surface area contributed by atoms with Crippen LogP contribution in [0, 0.1) is 0 Å². The van der Waals surface area contributed by atoms with E-state index in [1.807, 2.05) is 6.08 Å². The minimum Gasteiger partial charge on any atom is -0.0985 e. The van der Waals surface area contributed by atoms with Crippen LogP contribution in [0.4, 0.5) is 0 Å². The van der Waals surface area contributed by atoms with Gasteiger partial charge in [-0.15, -0.1) is 0 Å². The predicted octanol–water partition coefficient (Wildman–Crippen LogP) is 6.23. The first-order valence-electron chi connectivity index (χ1n) is 7.72. The topological polar surface area (TPSA) is 0 Å². The second-order valence-corrected chi connectivity index (χ2v) is 5.46. The Morgan fingerprint density at radius 1 is 0.727 bits per heavy atom. The summed E-state index contributed by atoms with van der Waals surface area (Å²) in [5.74, 6) is 0. The van der Waals surface area contributed by atoms with Crippen molar-refractivity contribution in [1.82, 2.24) is 0 Å². The summed E-state index contributed by atoms with van der Waals surface area (Å²) in [6.45, 7) is 6.02. The van der Waals surface area contributed by atoms with Gasteiger partial charge in [-0.2, -0.15) is 0 Å². The molecule has 0 saturated heterocycles. The number of hydrogen-bond acceptors (Lipinski definition) is 0. The first kappa shape index (κ1) is 14.3. The maximum absolute atomic E-state index is 3.83. The summed E-state index contributed by atoms with van der Waals surface area (Å²) < 4.78 is 0. The Morgan fingerprint density at radius 2 is 1.27 bits per heavy atom. The van der Waals surface area contributed by atoms with E-state index in [-0.39, 0.29) is 0 Å². The van der Waals surface area contributed by atoms with Gasteiger partial charge in [-0.3, -0.25) is 0 Å². The molecule has 0 heteroatoms. The van der Waals surface area contributed by atoms with Crippen molar-refractivity contribution < 1.29 is 0 Å². The minimum absolute atomic E-state index is 1.08. The second-order valence-electron chi connectivity index (χ2n) is 5.46. The van der Waals surface area contributed by atoms with E-state index in [0.29, 0.717) is 0 Å². The van der Waals surface area contributed by atoms with Crippen LogP contribution in [0.5, 0.6) is 0 Å². The quantitative estimate of drug-likeness (QED) is 0.533. The molecule has 0 nitrogen and oxygen atoms in total. The third-order valence-corrected chi connectivity index (χ3v) is 4.04. The number of benzene rings is 3. The fraction of sp³-hybridized carbons (Fsp3) is 0.0909. The molecule has 0 saturated carbocycles. The molecule has 0 unspecified atom stereocenters. The summed E-state index contributed by atoms with van der Waals surface area (Å²) in [5, 5.41) is 0. The molecule has 0 fully saturated rings. The lowest BCUT2D eigenvalue weighted by Gasteiger charge is -2.06. The van der Waals surface area contributed by atoms with Gasteiger partial charge in [0.15, 0.2) is 0 Å². The van der Waals surface area contributed by atoms with E-state index in [1.54, 1.807) is 0 Å². The highest BCUT2D eigenvalue weighted by Crippen LogP contribution is 2.26. The third kappa shape index (κ3) is 3.01. The lowest BCUT2D eigenvalue weighted by atomic mass is 9.98. The molecule has 0 radical (unpaired) electrons. The van der Waals surface area contributed by atoms with E-state index in [4.69, 9.17) is 0 Å². The average Bonchev–Trinajstić information content (AvgIpc) is 2.62. The van der Waals surface area contributed by atoms with Crippen LogP contribution in [-0.2, 0) is 6.42 Å². The van der Waals surface area contributed by atoms with Crippen LogP contribution in [0.3, 0.4) is 0 Å². The van der Waals surface area contributed by atoms with Crippen molar-refractivity contribution >= 4 is 6.08 Å². The maximum Gasteiger partial charge on any atom is -0.0178 e. The molecule has 0 aliphatic heterocycles. The summed E-state index contributed by atoms with van der Waals surface area (Å²) >= 11 is 0. The molecule has 3 aromatic rings. The molecule has 3 aromatic carbocycles. The Hall–Kier alpha value is -2.60. The van der Waals surface area contributed by atoms with Crippen molar-refractivity contribution in [3.63, 3.8) is 0 Å². The number of aryl methyl sites for hydroxylation is 1. The smallest absolute Gasteiger partial charge is 0.0178 e. The van der Waals surface area contributed by atoms with Gasteiger partial charge in [0.2, 0.25) is 0 Å². The Balaban J connectivity index is 1.89. The summed E-state index contributed by atoms with van der Waals surface area (Å²) in [4.78, 5) is 0. The normalized spacial score (nSPS) is 10.4. The molecular formula is C22H20. The zero-order valence-corrected chi connectivity index (χ0v) is 12.9. The van der Waals surface area contributed by atoms with E-state index in [1.165, 1.54) is 27.8 Å². The highest BCUT2D eigenvalue weighted by molar-refractivity contribution is 5.72. The van der Waals surface area contributed by atoms with Crippen molar-refractivity contribution in [2.75, 3.05) is 0 Å². The average molecular weight is 284 g/mol. The lowest BCUT2D eigenvalue weighted by molar-refractivity contribution is 1.14. The summed E-state index contributed by atoms with van der Waals surface area (Å²) in [6, 6.07) is 26.0. The van der Waals surface area contributed by atoms with Crippen molar-refractivity contribution in [3.05, 3.63) is 90.5 Å². The highest BCUT2D eigenvalue weighted by Gasteiger charge is 2.01.